The van der Waals surface area contributed by atoms with E-state index in [4.69, 9.17) is 9.47 Å². The van der Waals surface area contributed by atoms with E-state index < -0.39 is 11.2 Å². The van der Waals surface area contributed by atoms with Gasteiger partial charge in [-0.1, -0.05) is 42.5 Å². The molecule has 1 aliphatic heterocycles. The lowest BCUT2D eigenvalue weighted by Gasteiger charge is -2.42. The van der Waals surface area contributed by atoms with Gasteiger partial charge < -0.3 is 19.5 Å². The van der Waals surface area contributed by atoms with Crippen LogP contribution in [0, 0.1) is 17.2 Å². The Balaban J connectivity index is 1.82. The Morgan fingerprint density at radius 3 is 2.52 bits per heavy atom. The molecule has 33 heavy (non-hydrogen) atoms. The summed E-state index contributed by atoms with van der Waals surface area (Å²) in [5.41, 5.74) is 0.679. The van der Waals surface area contributed by atoms with Crippen LogP contribution in [0.5, 0.6) is 11.5 Å². The van der Waals surface area contributed by atoms with Crippen LogP contribution in [0.4, 0.5) is 0 Å². The van der Waals surface area contributed by atoms with Gasteiger partial charge in [-0.05, 0) is 43.8 Å². The van der Waals surface area contributed by atoms with E-state index in [-0.39, 0.29) is 11.8 Å². The van der Waals surface area contributed by atoms with Crippen molar-refractivity contribution in [1.82, 2.24) is 9.88 Å². The van der Waals surface area contributed by atoms with Crippen molar-refractivity contribution < 1.29 is 14.6 Å². The standard InChI is InChI=1S/C27H27N3O3/c1-30(2)17-21-13-22(19-7-5-4-6-8-19)27(20-11-9-18(14-28)10-12-20)26(21,31)25-23(32-3)15-29-16-24(25)33-27/h4-12,15-16,21-22,31H,13,17H2,1-3H3. The second-order valence-corrected chi connectivity index (χ2v) is 9.17. The van der Waals surface area contributed by atoms with E-state index in [1.54, 1.807) is 31.6 Å². The summed E-state index contributed by atoms with van der Waals surface area (Å²) in [6.45, 7) is 0.673. The van der Waals surface area contributed by atoms with Gasteiger partial charge >= 0.3 is 0 Å². The number of aliphatic hydroxyl groups is 1. The van der Waals surface area contributed by atoms with Crippen LogP contribution in [-0.2, 0) is 11.2 Å². The molecule has 2 aromatic carbocycles. The Bertz CT molecular complexity index is 1210. The molecule has 5 rings (SSSR count). The molecule has 0 amide bonds. The highest BCUT2D eigenvalue weighted by Crippen LogP contribution is 2.69. The van der Waals surface area contributed by atoms with Crippen LogP contribution in [0.3, 0.4) is 0 Å². The van der Waals surface area contributed by atoms with Gasteiger partial charge in [-0.2, -0.15) is 5.26 Å². The number of rotatable bonds is 5. The van der Waals surface area contributed by atoms with Crippen molar-refractivity contribution in [1.29, 1.82) is 5.26 Å². The Morgan fingerprint density at radius 2 is 1.88 bits per heavy atom. The number of ether oxygens (including phenoxy) is 2. The number of methoxy groups -OCH3 is 1. The lowest BCUT2D eigenvalue weighted by molar-refractivity contribution is -0.130. The molecule has 1 N–H and O–H groups in total. The minimum absolute atomic E-state index is 0.126. The van der Waals surface area contributed by atoms with Crippen molar-refractivity contribution in [2.75, 3.05) is 27.7 Å². The zero-order valence-corrected chi connectivity index (χ0v) is 19.0. The maximum absolute atomic E-state index is 12.8. The lowest BCUT2D eigenvalue weighted by Crippen LogP contribution is -2.51. The van der Waals surface area contributed by atoms with Crippen molar-refractivity contribution in [3.8, 4) is 17.6 Å². The van der Waals surface area contributed by atoms with Crippen LogP contribution in [0.1, 0.15) is 34.6 Å². The fourth-order valence-corrected chi connectivity index (χ4v) is 5.91. The molecule has 1 aliphatic carbocycles. The van der Waals surface area contributed by atoms with Gasteiger partial charge in [0.05, 0.1) is 36.7 Å². The largest absolute Gasteiger partial charge is 0.495 e. The van der Waals surface area contributed by atoms with E-state index in [1.807, 2.05) is 44.4 Å². The third-order valence-electron chi connectivity index (χ3n) is 7.15. The first-order chi connectivity index (χ1) is 16.0. The number of nitrogens with zero attached hydrogens (tertiary/aromatic N) is 3. The van der Waals surface area contributed by atoms with Gasteiger partial charge in [-0.15, -0.1) is 0 Å². The van der Waals surface area contributed by atoms with Crippen molar-refractivity contribution >= 4 is 0 Å². The first-order valence-electron chi connectivity index (χ1n) is 11.1. The predicted molar refractivity (Wildman–Crippen MR) is 124 cm³/mol. The molecule has 3 aromatic rings. The zero-order chi connectivity index (χ0) is 23.2. The van der Waals surface area contributed by atoms with Gasteiger partial charge in [0.15, 0.2) is 5.60 Å². The number of nitriles is 1. The molecule has 0 spiro atoms. The summed E-state index contributed by atoms with van der Waals surface area (Å²) in [6, 6.07) is 19.8. The van der Waals surface area contributed by atoms with Crippen molar-refractivity contribution in [3.05, 3.63) is 89.2 Å². The Hall–Kier alpha value is -3.40. The molecule has 0 radical (unpaired) electrons. The Labute approximate surface area is 194 Å². The molecule has 168 valence electrons. The molecule has 1 aromatic heterocycles. The van der Waals surface area contributed by atoms with Crippen LogP contribution < -0.4 is 9.47 Å². The van der Waals surface area contributed by atoms with Gasteiger partial charge in [0.25, 0.3) is 0 Å². The van der Waals surface area contributed by atoms with E-state index in [9.17, 15) is 10.4 Å². The predicted octanol–water partition coefficient (Wildman–Crippen LogP) is 3.80. The molecule has 6 nitrogen and oxygen atoms in total. The summed E-state index contributed by atoms with van der Waals surface area (Å²) < 4.78 is 12.5. The number of aromatic nitrogens is 1. The van der Waals surface area contributed by atoms with Crippen molar-refractivity contribution in [2.24, 2.45) is 5.92 Å². The van der Waals surface area contributed by atoms with Gasteiger partial charge in [-0.3, -0.25) is 4.98 Å². The molecule has 0 saturated heterocycles. The van der Waals surface area contributed by atoms with Gasteiger partial charge in [-0.25, -0.2) is 0 Å². The summed E-state index contributed by atoms with van der Waals surface area (Å²) in [5.74, 6) is 0.790. The topological polar surface area (TPSA) is 78.6 Å². The second kappa shape index (κ2) is 7.87. The SMILES string of the molecule is COc1cncc2c1C1(O)C(CN(C)C)CC(c3ccccc3)C1(c1ccc(C#N)cc1)O2. The van der Waals surface area contributed by atoms with E-state index >= 15 is 0 Å². The average Bonchev–Trinajstić information content (AvgIpc) is 3.25. The van der Waals surface area contributed by atoms with Crippen LogP contribution >= 0.6 is 0 Å². The number of pyridine rings is 1. The molecule has 2 aliphatic rings. The molecule has 2 heterocycles. The van der Waals surface area contributed by atoms with Crippen LogP contribution in [0.2, 0.25) is 0 Å². The van der Waals surface area contributed by atoms with Crippen molar-refractivity contribution in [2.45, 2.75) is 23.5 Å². The Kier molecular flexibility index (Phi) is 5.12. The minimum Gasteiger partial charge on any atom is -0.495 e. The third-order valence-corrected chi connectivity index (χ3v) is 7.15. The third kappa shape index (κ3) is 2.97. The summed E-state index contributed by atoms with van der Waals surface area (Å²) >= 11 is 0. The van der Waals surface area contributed by atoms with Gasteiger partial charge in [0.2, 0.25) is 0 Å². The maximum Gasteiger partial charge on any atom is 0.174 e. The smallest absolute Gasteiger partial charge is 0.174 e. The number of hydrogen-bond donors (Lipinski definition) is 1. The summed E-state index contributed by atoms with van der Waals surface area (Å²) in [6.07, 6.45) is 4.02. The first kappa shape index (κ1) is 21.4. The zero-order valence-electron chi connectivity index (χ0n) is 19.0. The van der Waals surface area contributed by atoms with Crippen LogP contribution in [0.15, 0.2) is 67.0 Å². The van der Waals surface area contributed by atoms with Crippen molar-refractivity contribution in [3.63, 3.8) is 0 Å². The second-order valence-electron chi connectivity index (χ2n) is 9.17. The van der Waals surface area contributed by atoms with E-state index in [2.05, 4.69) is 28.1 Å². The summed E-state index contributed by atoms with van der Waals surface area (Å²) in [4.78, 5) is 6.41. The highest BCUT2D eigenvalue weighted by molar-refractivity contribution is 5.58. The fourth-order valence-electron chi connectivity index (χ4n) is 5.91. The monoisotopic (exact) mass is 441 g/mol. The summed E-state index contributed by atoms with van der Waals surface area (Å²) in [7, 11) is 5.62. The van der Waals surface area contributed by atoms with Crippen LogP contribution in [-0.4, -0.2) is 42.7 Å². The molecule has 0 bridgehead atoms. The summed E-state index contributed by atoms with van der Waals surface area (Å²) in [5, 5.41) is 22.2. The highest BCUT2D eigenvalue weighted by atomic mass is 16.5. The maximum atomic E-state index is 12.8. The Morgan fingerprint density at radius 1 is 1.15 bits per heavy atom. The van der Waals surface area contributed by atoms with Gasteiger partial charge in [0, 0.05) is 18.4 Å². The van der Waals surface area contributed by atoms with E-state index in [0.717, 1.165) is 17.5 Å². The van der Waals surface area contributed by atoms with Crippen LogP contribution in [0.25, 0.3) is 0 Å². The molecule has 1 fully saturated rings. The van der Waals surface area contributed by atoms with E-state index in [1.165, 1.54) is 0 Å². The minimum atomic E-state index is -1.37. The molecular weight excluding hydrogens is 414 g/mol. The lowest BCUT2D eigenvalue weighted by atomic mass is 9.70. The number of fused-ring (bicyclic) bond motifs is 3. The normalized spacial score (nSPS) is 27.5. The first-order valence-corrected chi connectivity index (χ1v) is 11.1. The molecule has 4 atom stereocenters. The quantitative estimate of drug-likeness (QED) is 0.649. The number of benzene rings is 2. The molecule has 4 unspecified atom stereocenters. The fraction of sp³-hybridized carbons (Fsp3) is 0.333. The van der Waals surface area contributed by atoms with E-state index in [0.29, 0.717) is 29.2 Å². The molecule has 1 saturated carbocycles. The van der Waals surface area contributed by atoms with Gasteiger partial charge in [0.1, 0.15) is 17.1 Å². The average molecular weight is 442 g/mol. The molecule has 6 heteroatoms. The number of hydrogen-bond acceptors (Lipinski definition) is 6. The molecular formula is C27H27N3O3. The highest BCUT2D eigenvalue weighted by Gasteiger charge is 2.73.